The number of hydrogen-bond donors (Lipinski definition) is 1. The first kappa shape index (κ1) is 14.2. The summed E-state index contributed by atoms with van der Waals surface area (Å²) in [5.74, 6) is 2.01. The summed E-state index contributed by atoms with van der Waals surface area (Å²) in [5.41, 5.74) is 2.01. The van der Waals surface area contributed by atoms with Crippen molar-refractivity contribution in [3.63, 3.8) is 0 Å². The molecule has 2 aromatic rings. The minimum absolute atomic E-state index is 0.735. The zero-order chi connectivity index (χ0) is 13.5. The molecule has 2 heterocycles. The highest BCUT2D eigenvalue weighted by molar-refractivity contribution is 7.98. The van der Waals surface area contributed by atoms with E-state index in [1.54, 1.807) is 0 Å². The monoisotopic (exact) mass is 278 g/mol. The average Bonchev–Trinajstić information content (AvgIpc) is 2.82. The summed E-state index contributed by atoms with van der Waals surface area (Å²) in [6.45, 7) is 2.99. The second-order valence-corrected chi connectivity index (χ2v) is 5.69. The fourth-order valence-electron chi connectivity index (χ4n) is 2.04. The van der Waals surface area contributed by atoms with Gasteiger partial charge in [0.15, 0.2) is 5.65 Å². The number of nitrogens with one attached hydrogen (secondary N) is 1. The highest BCUT2D eigenvalue weighted by Crippen LogP contribution is 2.09. The van der Waals surface area contributed by atoms with Gasteiger partial charge in [-0.15, -0.1) is 5.10 Å². The molecule has 1 N–H and O–H groups in total. The van der Waals surface area contributed by atoms with Crippen molar-refractivity contribution in [2.24, 2.45) is 0 Å². The van der Waals surface area contributed by atoms with E-state index in [1.807, 2.05) is 41.4 Å². The van der Waals surface area contributed by atoms with Crippen molar-refractivity contribution in [2.75, 3.05) is 23.9 Å². The molecular weight excluding hydrogens is 256 g/mol. The predicted octanol–water partition coefficient (Wildman–Crippen LogP) is 3.37. The number of fused-ring (bicyclic) bond motifs is 1. The summed E-state index contributed by atoms with van der Waals surface area (Å²) in [6, 6.07) is 6.03. The smallest absolute Gasteiger partial charge is 0.243 e. The van der Waals surface area contributed by atoms with E-state index in [0.29, 0.717) is 0 Å². The molecule has 0 fully saturated rings. The minimum Gasteiger partial charge on any atom is -0.353 e. The largest absolute Gasteiger partial charge is 0.353 e. The van der Waals surface area contributed by atoms with E-state index in [1.165, 1.54) is 31.4 Å². The molecule has 0 atom stereocenters. The maximum atomic E-state index is 4.46. The van der Waals surface area contributed by atoms with Crippen LogP contribution >= 0.6 is 11.8 Å². The number of aryl methyl sites for hydroxylation is 1. The molecule has 104 valence electrons. The molecule has 0 amide bonds. The van der Waals surface area contributed by atoms with Crippen molar-refractivity contribution in [1.29, 1.82) is 0 Å². The van der Waals surface area contributed by atoms with E-state index in [-0.39, 0.29) is 0 Å². The van der Waals surface area contributed by atoms with E-state index >= 15 is 0 Å². The quantitative estimate of drug-likeness (QED) is 0.752. The van der Waals surface area contributed by atoms with Gasteiger partial charge >= 0.3 is 0 Å². The third-order valence-corrected chi connectivity index (χ3v) is 3.80. The molecule has 0 aliphatic rings. The minimum atomic E-state index is 0.735. The van der Waals surface area contributed by atoms with Crippen LogP contribution in [0.1, 0.15) is 31.4 Å². The molecule has 5 heteroatoms. The Morgan fingerprint density at radius 3 is 2.84 bits per heavy atom. The van der Waals surface area contributed by atoms with Crippen LogP contribution in [0.25, 0.3) is 5.65 Å². The van der Waals surface area contributed by atoms with Crippen molar-refractivity contribution in [1.82, 2.24) is 14.6 Å². The van der Waals surface area contributed by atoms with Gasteiger partial charge in [-0.3, -0.25) is 0 Å². The fourth-order valence-corrected chi connectivity index (χ4v) is 2.53. The van der Waals surface area contributed by atoms with Gasteiger partial charge in [-0.25, -0.2) is 4.52 Å². The van der Waals surface area contributed by atoms with Gasteiger partial charge in [0.2, 0.25) is 5.95 Å². The summed E-state index contributed by atoms with van der Waals surface area (Å²) < 4.78 is 1.88. The molecule has 4 nitrogen and oxygen atoms in total. The summed E-state index contributed by atoms with van der Waals surface area (Å²) in [6.07, 6.45) is 7.27. The third kappa shape index (κ3) is 4.13. The van der Waals surface area contributed by atoms with Crippen molar-refractivity contribution in [3.8, 4) is 0 Å². The first-order chi connectivity index (χ1) is 9.31. The summed E-state index contributed by atoms with van der Waals surface area (Å²) in [7, 11) is 0. The van der Waals surface area contributed by atoms with Crippen LogP contribution in [0.3, 0.4) is 0 Å². The number of hydrogen-bond acceptors (Lipinski definition) is 4. The van der Waals surface area contributed by atoms with Gasteiger partial charge in [0.25, 0.3) is 0 Å². The first-order valence-corrected chi connectivity index (χ1v) is 8.26. The Hall–Kier alpha value is -1.23. The Labute approximate surface area is 119 Å². The number of pyridine rings is 1. The number of unbranched alkanes of at least 4 members (excludes halogenated alkanes) is 3. The molecule has 0 unspecified atom stereocenters. The fraction of sp³-hybridized carbons (Fsp3) is 0.571. The molecular formula is C14H22N4S. The van der Waals surface area contributed by atoms with Crippen molar-refractivity contribution in [2.45, 2.75) is 32.6 Å². The highest BCUT2D eigenvalue weighted by Gasteiger charge is 2.03. The van der Waals surface area contributed by atoms with Crippen LogP contribution in [0.15, 0.2) is 18.2 Å². The van der Waals surface area contributed by atoms with Gasteiger partial charge in [0.1, 0.15) is 0 Å². The van der Waals surface area contributed by atoms with Crippen molar-refractivity contribution >= 4 is 23.4 Å². The highest BCUT2D eigenvalue weighted by atomic mass is 32.2. The number of anilines is 1. The molecule has 0 radical (unpaired) electrons. The molecule has 0 aliphatic carbocycles. The third-order valence-electron chi connectivity index (χ3n) is 3.11. The zero-order valence-corrected chi connectivity index (χ0v) is 12.5. The lowest BCUT2D eigenvalue weighted by Gasteiger charge is -2.01. The van der Waals surface area contributed by atoms with Gasteiger partial charge in [0.05, 0.1) is 0 Å². The maximum absolute atomic E-state index is 4.46. The van der Waals surface area contributed by atoms with E-state index in [0.717, 1.165) is 23.8 Å². The lowest BCUT2D eigenvalue weighted by molar-refractivity contribution is 0.687. The Morgan fingerprint density at radius 2 is 2.05 bits per heavy atom. The summed E-state index contributed by atoms with van der Waals surface area (Å²) in [5, 5.41) is 7.75. The molecule has 2 aromatic heterocycles. The van der Waals surface area contributed by atoms with Gasteiger partial charge in [0, 0.05) is 12.2 Å². The van der Waals surface area contributed by atoms with Gasteiger partial charge in [-0.1, -0.05) is 18.9 Å². The van der Waals surface area contributed by atoms with E-state index in [4.69, 9.17) is 0 Å². The second-order valence-electron chi connectivity index (χ2n) is 4.71. The predicted molar refractivity (Wildman–Crippen MR) is 83.1 cm³/mol. The van der Waals surface area contributed by atoms with Crippen LogP contribution in [0.4, 0.5) is 5.95 Å². The molecule has 0 spiro atoms. The Bertz CT molecular complexity index is 509. The van der Waals surface area contributed by atoms with E-state index in [9.17, 15) is 0 Å². The number of thioether (sulfide) groups is 1. The SMILES string of the molecule is CSCCCCCCNc1nc2cccc(C)n2n1. The van der Waals surface area contributed by atoms with Crippen LogP contribution in [-0.4, -0.2) is 33.2 Å². The van der Waals surface area contributed by atoms with Crippen LogP contribution in [0.2, 0.25) is 0 Å². The molecule has 0 aliphatic heterocycles. The summed E-state index contributed by atoms with van der Waals surface area (Å²) in [4.78, 5) is 4.46. The number of nitrogens with zero attached hydrogens (tertiary/aromatic N) is 3. The van der Waals surface area contributed by atoms with Crippen molar-refractivity contribution < 1.29 is 0 Å². The standard InChI is InChI=1S/C14H22N4S/c1-12-8-7-9-13-16-14(17-18(12)13)15-10-5-3-4-6-11-19-2/h7-9H,3-6,10-11H2,1-2H3,(H,15,17). The van der Waals surface area contributed by atoms with Gasteiger partial charge in [-0.05, 0) is 43.9 Å². The number of rotatable bonds is 8. The van der Waals surface area contributed by atoms with E-state index in [2.05, 4.69) is 21.7 Å². The Balaban J connectivity index is 1.74. The second kappa shape index (κ2) is 7.38. The summed E-state index contributed by atoms with van der Waals surface area (Å²) >= 11 is 1.93. The van der Waals surface area contributed by atoms with Crippen LogP contribution in [-0.2, 0) is 0 Å². The molecule has 0 aromatic carbocycles. The van der Waals surface area contributed by atoms with E-state index < -0.39 is 0 Å². The van der Waals surface area contributed by atoms with Crippen LogP contribution in [0, 0.1) is 6.92 Å². The van der Waals surface area contributed by atoms with Crippen LogP contribution < -0.4 is 5.32 Å². The molecule has 0 bridgehead atoms. The molecule has 19 heavy (non-hydrogen) atoms. The maximum Gasteiger partial charge on any atom is 0.243 e. The topological polar surface area (TPSA) is 42.2 Å². The van der Waals surface area contributed by atoms with Gasteiger partial charge < -0.3 is 5.32 Å². The normalized spacial score (nSPS) is 11.1. The molecule has 0 saturated heterocycles. The molecule has 0 saturated carbocycles. The van der Waals surface area contributed by atoms with Gasteiger partial charge in [-0.2, -0.15) is 16.7 Å². The van der Waals surface area contributed by atoms with Crippen molar-refractivity contribution in [3.05, 3.63) is 23.9 Å². The first-order valence-electron chi connectivity index (χ1n) is 6.86. The lowest BCUT2D eigenvalue weighted by Crippen LogP contribution is -2.03. The lowest BCUT2D eigenvalue weighted by atomic mass is 10.2. The molecule has 2 rings (SSSR count). The zero-order valence-electron chi connectivity index (χ0n) is 11.7. The number of aromatic nitrogens is 3. The Morgan fingerprint density at radius 1 is 1.21 bits per heavy atom. The average molecular weight is 278 g/mol. The van der Waals surface area contributed by atoms with Crippen LogP contribution in [0.5, 0.6) is 0 Å². The Kier molecular flexibility index (Phi) is 5.51.